The lowest BCUT2D eigenvalue weighted by molar-refractivity contribution is -0.148. The maximum Gasteiger partial charge on any atom is 0.310 e. The number of ether oxygens (including phenoxy) is 2. The summed E-state index contributed by atoms with van der Waals surface area (Å²) in [4.78, 5) is 25.8. The number of esters is 1. The molecule has 0 aromatic rings. The highest BCUT2D eigenvalue weighted by atomic mass is 16.5. The van der Waals surface area contributed by atoms with E-state index in [1.54, 1.807) is 11.8 Å². The third kappa shape index (κ3) is 8.05. The summed E-state index contributed by atoms with van der Waals surface area (Å²) in [5.74, 6) is -0.574. The van der Waals surface area contributed by atoms with Crippen LogP contribution in [0.5, 0.6) is 0 Å². The SMILES string of the molecule is COC(=O)C(C)CN(CCCOC(C)C)C(=O)C(C)(C)C. The second-order valence-electron chi connectivity index (χ2n) is 6.70. The molecule has 0 aromatic heterocycles. The number of carbonyl (C=O) groups is 2. The third-order valence-electron chi connectivity index (χ3n) is 3.05. The fraction of sp³-hybridized carbons (Fsp3) is 0.875. The van der Waals surface area contributed by atoms with Crippen LogP contribution in [-0.2, 0) is 19.1 Å². The first-order valence-electron chi connectivity index (χ1n) is 7.58. The molecule has 1 amide bonds. The Morgan fingerprint density at radius 3 is 2.14 bits per heavy atom. The lowest BCUT2D eigenvalue weighted by Gasteiger charge is -2.31. The van der Waals surface area contributed by atoms with Crippen LogP contribution in [0.1, 0.15) is 48.0 Å². The van der Waals surface area contributed by atoms with Crippen molar-refractivity contribution < 1.29 is 19.1 Å². The fourth-order valence-electron chi connectivity index (χ4n) is 1.93. The van der Waals surface area contributed by atoms with Crippen LogP contribution in [0.2, 0.25) is 0 Å². The van der Waals surface area contributed by atoms with Crippen molar-refractivity contribution in [3.8, 4) is 0 Å². The van der Waals surface area contributed by atoms with Gasteiger partial charge >= 0.3 is 5.97 Å². The molecular weight excluding hydrogens is 270 g/mol. The number of hydrogen-bond acceptors (Lipinski definition) is 4. The van der Waals surface area contributed by atoms with E-state index in [1.807, 2.05) is 34.6 Å². The van der Waals surface area contributed by atoms with E-state index in [9.17, 15) is 9.59 Å². The Morgan fingerprint density at radius 2 is 1.71 bits per heavy atom. The number of carbonyl (C=O) groups excluding carboxylic acids is 2. The van der Waals surface area contributed by atoms with Crippen molar-refractivity contribution in [3.63, 3.8) is 0 Å². The molecule has 0 aliphatic heterocycles. The van der Waals surface area contributed by atoms with E-state index in [-0.39, 0.29) is 23.9 Å². The second kappa shape index (κ2) is 9.03. The van der Waals surface area contributed by atoms with Crippen LogP contribution in [-0.4, -0.2) is 49.7 Å². The van der Waals surface area contributed by atoms with Gasteiger partial charge in [0.25, 0.3) is 0 Å². The quantitative estimate of drug-likeness (QED) is 0.510. The van der Waals surface area contributed by atoms with Crippen LogP contribution in [0.15, 0.2) is 0 Å². The number of nitrogens with zero attached hydrogens (tertiary/aromatic N) is 1. The van der Waals surface area contributed by atoms with Crippen LogP contribution >= 0.6 is 0 Å². The minimum absolute atomic E-state index is 0.0443. The zero-order valence-electron chi connectivity index (χ0n) is 14.6. The minimum Gasteiger partial charge on any atom is -0.469 e. The van der Waals surface area contributed by atoms with Gasteiger partial charge in [0.05, 0.1) is 19.1 Å². The molecule has 0 N–H and O–H groups in total. The van der Waals surface area contributed by atoms with Gasteiger partial charge in [0.1, 0.15) is 0 Å². The van der Waals surface area contributed by atoms with E-state index in [4.69, 9.17) is 9.47 Å². The van der Waals surface area contributed by atoms with E-state index >= 15 is 0 Å². The summed E-state index contributed by atoms with van der Waals surface area (Å²) >= 11 is 0. The smallest absolute Gasteiger partial charge is 0.310 e. The summed E-state index contributed by atoms with van der Waals surface area (Å²) in [7, 11) is 1.37. The maximum atomic E-state index is 12.5. The molecule has 0 fully saturated rings. The molecule has 5 nitrogen and oxygen atoms in total. The van der Waals surface area contributed by atoms with E-state index in [0.717, 1.165) is 6.42 Å². The average Bonchev–Trinajstić information content (AvgIpc) is 2.38. The maximum absolute atomic E-state index is 12.5. The summed E-state index contributed by atoms with van der Waals surface area (Å²) in [6.07, 6.45) is 0.944. The van der Waals surface area contributed by atoms with Crippen molar-refractivity contribution in [3.05, 3.63) is 0 Å². The van der Waals surface area contributed by atoms with E-state index in [2.05, 4.69) is 0 Å². The highest BCUT2D eigenvalue weighted by Gasteiger charge is 2.29. The lowest BCUT2D eigenvalue weighted by atomic mass is 9.94. The fourth-order valence-corrected chi connectivity index (χ4v) is 1.93. The Morgan fingerprint density at radius 1 is 1.14 bits per heavy atom. The number of methoxy groups -OCH3 is 1. The number of hydrogen-bond donors (Lipinski definition) is 0. The van der Waals surface area contributed by atoms with E-state index in [1.165, 1.54) is 7.11 Å². The van der Waals surface area contributed by atoms with Gasteiger partial charge in [-0.2, -0.15) is 0 Å². The topological polar surface area (TPSA) is 55.8 Å². The molecule has 1 unspecified atom stereocenters. The first kappa shape index (κ1) is 19.9. The Hall–Kier alpha value is -1.10. The molecule has 21 heavy (non-hydrogen) atoms. The van der Waals surface area contributed by atoms with Crippen molar-refractivity contribution in [1.29, 1.82) is 0 Å². The zero-order valence-corrected chi connectivity index (χ0v) is 14.6. The summed E-state index contributed by atoms with van der Waals surface area (Å²) in [5.41, 5.74) is -0.464. The Kier molecular flexibility index (Phi) is 8.55. The largest absolute Gasteiger partial charge is 0.469 e. The molecule has 0 spiro atoms. The van der Waals surface area contributed by atoms with Gasteiger partial charge in [-0.1, -0.05) is 27.7 Å². The van der Waals surface area contributed by atoms with Crippen molar-refractivity contribution in [2.45, 2.75) is 54.1 Å². The first-order valence-corrected chi connectivity index (χ1v) is 7.58. The van der Waals surface area contributed by atoms with Crippen LogP contribution in [0.3, 0.4) is 0 Å². The zero-order chi connectivity index (χ0) is 16.6. The molecule has 1 atom stereocenters. The second-order valence-corrected chi connectivity index (χ2v) is 6.70. The molecule has 0 aliphatic rings. The molecule has 0 saturated heterocycles. The predicted octanol–water partition coefficient (Wildman–Crippen LogP) is 2.49. The van der Waals surface area contributed by atoms with Crippen LogP contribution in [0, 0.1) is 11.3 Å². The molecule has 5 heteroatoms. The van der Waals surface area contributed by atoms with Gasteiger partial charge < -0.3 is 14.4 Å². The summed E-state index contributed by atoms with van der Waals surface area (Å²) < 4.78 is 10.2. The lowest BCUT2D eigenvalue weighted by Crippen LogP contribution is -2.44. The monoisotopic (exact) mass is 301 g/mol. The summed E-state index contributed by atoms with van der Waals surface area (Å²) in [6.45, 7) is 13.0. The molecule has 0 bridgehead atoms. The summed E-state index contributed by atoms with van der Waals surface area (Å²) in [6, 6.07) is 0. The average molecular weight is 301 g/mol. The summed E-state index contributed by atoms with van der Waals surface area (Å²) in [5, 5.41) is 0. The third-order valence-corrected chi connectivity index (χ3v) is 3.05. The van der Waals surface area contributed by atoms with Crippen molar-refractivity contribution in [2.24, 2.45) is 11.3 Å². The highest BCUT2D eigenvalue weighted by Crippen LogP contribution is 2.19. The van der Waals surface area contributed by atoms with Crippen molar-refractivity contribution in [2.75, 3.05) is 26.8 Å². The standard InChI is InChI=1S/C16H31NO4/c1-12(2)21-10-8-9-17(15(19)16(4,5)6)11-13(3)14(18)20-7/h12-13H,8-11H2,1-7H3. The Labute approximate surface area is 129 Å². The number of amides is 1. The van der Waals surface area contributed by atoms with Gasteiger partial charge in [-0.15, -0.1) is 0 Å². The van der Waals surface area contributed by atoms with Gasteiger partial charge in [0.15, 0.2) is 0 Å². The van der Waals surface area contributed by atoms with E-state index < -0.39 is 5.41 Å². The predicted molar refractivity (Wildman–Crippen MR) is 82.9 cm³/mol. The van der Waals surface area contributed by atoms with Crippen LogP contribution in [0.4, 0.5) is 0 Å². The van der Waals surface area contributed by atoms with Crippen molar-refractivity contribution in [1.82, 2.24) is 4.90 Å². The first-order chi connectivity index (χ1) is 9.59. The van der Waals surface area contributed by atoms with Gasteiger partial charge in [0, 0.05) is 25.1 Å². The van der Waals surface area contributed by atoms with Crippen molar-refractivity contribution >= 4 is 11.9 Å². The Balaban J connectivity index is 4.63. The molecule has 0 radical (unpaired) electrons. The van der Waals surface area contributed by atoms with E-state index in [0.29, 0.717) is 19.7 Å². The molecule has 0 saturated carbocycles. The minimum atomic E-state index is -0.464. The molecular formula is C16H31NO4. The van der Waals surface area contributed by atoms with Crippen LogP contribution < -0.4 is 0 Å². The molecule has 0 rings (SSSR count). The molecule has 124 valence electrons. The van der Waals surface area contributed by atoms with Gasteiger partial charge in [0.2, 0.25) is 5.91 Å². The van der Waals surface area contributed by atoms with Gasteiger partial charge in [-0.3, -0.25) is 9.59 Å². The Bertz CT molecular complexity index is 334. The normalized spacial score (nSPS) is 13.1. The highest BCUT2D eigenvalue weighted by molar-refractivity contribution is 5.82. The van der Waals surface area contributed by atoms with Crippen LogP contribution in [0.25, 0.3) is 0 Å². The molecule has 0 aromatic carbocycles. The molecule has 0 heterocycles. The number of rotatable bonds is 8. The van der Waals surface area contributed by atoms with Gasteiger partial charge in [-0.25, -0.2) is 0 Å². The van der Waals surface area contributed by atoms with Gasteiger partial charge in [-0.05, 0) is 20.3 Å². The molecule has 0 aliphatic carbocycles.